The third-order valence-corrected chi connectivity index (χ3v) is 4.46. The van der Waals surface area contributed by atoms with Crippen molar-refractivity contribution in [1.29, 1.82) is 0 Å². The van der Waals surface area contributed by atoms with Gasteiger partial charge in [0.1, 0.15) is 5.75 Å². The van der Waals surface area contributed by atoms with Crippen LogP contribution >= 0.6 is 0 Å². The summed E-state index contributed by atoms with van der Waals surface area (Å²) in [6, 6.07) is 14.6. The van der Waals surface area contributed by atoms with Crippen molar-refractivity contribution in [3.8, 4) is 5.75 Å². The van der Waals surface area contributed by atoms with Crippen LogP contribution in [0.15, 0.2) is 48.5 Å². The highest BCUT2D eigenvalue weighted by molar-refractivity contribution is 6.06. The molecule has 1 aliphatic heterocycles. The number of benzene rings is 2. The first kappa shape index (κ1) is 18.0. The Bertz CT molecular complexity index is 765. The summed E-state index contributed by atoms with van der Waals surface area (Å²) in [4.78, 5) is 26.6. The van der Waals surface area contributed by atoms with Crippen LogP contribution in [0.2, 0.25) is 0 Å². The summed E-state index contributed by atoms with van der Waals surface area (Å²) in [6.07, 6.45) is 2.60. The molecule has 2 aromatic rings. The van der Waals surface area contributed by atoms with Gasteiger partial charge in [0.25, 0.3) is 5.91 Å². The maximum atomic E-state index is 12.5. The SMILES string of the molecule is CCOc1ccccc1C(=O)Nc1ccc(CC(=O)N2CCCC2)cc1. The second-order valence-corrected chi connectivity index (χ2v) is 6.34. The lowest BCUT2D eigenvalue weighted by atomic mass is 10.1. The standard InChI is InChI=1S/C21H24N2O3/c1-2-26-19-8-4-3-7-18(19)21(25)22-17-11-9-16(10-12-17)15-20(24)23-13-5-6-14-23/h3-4,7-12H,2,5-6,13-15H2,1H3,(H,22,25). The third-order valence-electron chi connectivity index (χ3n) is 4.46. The molecule has 0 aromatic heterocycles. The average Bonchev–Trinajstić information content (AvgIpc) is 3.19. The van der Waals surface area contributed by atoms with Crippen molar-refractivity contribution in [2.45, 2.75) is 26.2 Å². The predicted octanol–water partition coefficient (Wildman–Crippen LogP) is 3.50. The number of hydrogen-bond acceptors (Lipinski definition) is 3. The fourth-order valence-electron chi connectivity index (χ4n) is 3.09. The van der Waals surface area contributed by atoms with Gasteiger partial charge in [0, 0.05) is 18.8 Å². The molecule has 0 spiro atoms. The monoisotopic (exact) mass is 352 g/mol. The van der Waals surface area contributed by atoms with Crippen molar-refractivity contribution in [3.05, 3.63) is 59.7 Å². The zero-order valence-corrected chi connectivity index (χ0v) is 15.0. The maximum Gasteiger partial charge on any atom is 0.259 e. The molecule has 1 N–H and O–H groups in total. The first-order chi connectivity index (χ1) is 12.7. The van der Waals surface area contributed by atoms with Gasteiger partial charge in [-0.05, 0) is 49.6 Å². The number of para-hydroxylation sites is 1. The smallest absolute Gasteiger partial charge is 0.259 e. The van der Waals surface area contributed by atoms with Crippen molar-refractivity contribution in [2.75, 3.05) is 25.0 Å². The second-order valence-electron chi connectivity index (χ2n) is 6.34. The first-order valence-corrected chi connectivity index (χ1v) is 9.07. The highest BCUT2D eigenvalue weighted by Gasteiger charge is 2.18. The molecule has 0 atom stereocenters. The second kappa shape index (κ2) is 8.52. The minimum absolute atomic E-state index is 0.171. The van der Waals surface area contributed by atoms with Gasteiger partial charge < -0.3 is 15.0 Å². The molecule has 0 saturated carbocycles. The molecular formula is C21H24N2O3. The maximum absolute atomic E-state index is 12.5. The zero-order valence-electron chi connectivity index (χ0n) is 15.0. The minimum atomic E-state index is -0.213. The number of nitrogens with one attached hydrogen (secondary N) is 1. The minimum Gasteiger partial charge on any atom is -0.493 e. The molecule has 0 aliphatic carbocycles. The van der Waals surface area contributed by atoms with Crippen LogP contribution < -0.4 is 10.1 Å². The highest BCUT2D eigenvalue weighted by Crippen LogP contribution is 2.20. The Morgan fingerprint density at radius 1 is 1.04 bits per heavy atom. The summed E-state index contributed by atoms with van der Waals surface area (Å²) >= 11 is 0. The molecule has 5 nitrogen and oxygen atoms in total. The Morgan fingerprint density at radius 2 is 1.73 bits per heavy atom. The molecule has 0 bridgehead atoms. The van der Waals surface area contributed by atoms with Gasteiger partial charge in [0.05, 0.1) is 18.6 Å². The number of hydrogen-bond donors (Lipinski definition) is 1. The van der Waals surface area contributed by atoms with Crippen LogP contribution in [0, 0.1) is 0 Å². The molecule has 1 heterocycles. The Balaban J connectivity index is 1.62. The van der Waals surface area contributed by atoms with Gasteiger partial charge in [-0.3, -0.25) is 9.59 Å². The van der Waals surface area contributed by atoms with Crippen LogP contribution in [-0.2, 0) is 11.2 Å². The fourth-order valence-corrected chi connectivity index (χ4v) is 3.09. The Kier molecular flexibility index (Phi) is 5.89. The first-order valence-electron chi connectivity index (χ1n) is 9.07. The molecule has 3 rings (SSSR count). The molecule has 1 saturated heterocycles. The Morgan fingerprint density at radius 3 is 2.42 bits per heavy atom. The van der Waals surface area contributed by atoms with Gasteiger partial charge >= 0.3 is 0 Å². The third kappa shape index (κ3) is 4.42. The van der Waals surface area contributed by atoms with E-state index < -0.39 is 0 Å². The molecule has 2 amide bonds. The number of ether oxygens (including phenoxy) is 1. The molecule has 26 heavy (non-hydrogen) atoms. The number of rotatable bonds is 6. The van der Waals surface area contributed by atoms with Crippen molar-refractivity contribution >= 4 is 17.5 Å². The fraction of sp³-hybridized carbons (Fsp3) is 0.333. The van der Waals surface area contributed by atoms with Gasteiger partial charge in [-0.25, -0.2) is 0 Å². The lowest BCUT2D eigenvalue weighted by Crippen LogP contribution is -2.29. The number of carbonyl (C=O) groups is 2. The summed E-state index contributed by atoms with van der Waals surface area (Å²) in [5, 5.41) is 2.88. The van der Waals surface area contributed by atoms with Crippen molar-refractivity contribution in [2.24, 2.45) is 0 Å². The number of anilines is 1. The van der Waals surface area contributed by atoms with Crippen LogP contribution in [0.4, 0.5) is 5.69 Å². The quantitative estimate of drug-likeness (QED) is 0.866. The van der Waals surface area contributed by atoms with E-state index in [0.29, 0.717) is 30.0 Å². The molecule has 0 unspecified atom stereocenters. The molecule has 0 radical (unpaired) electrons. The Hall–Kier alpha value is -2.82. The molecule has 2 aromatic carbocycles. The van der Waals surface area contributed by atoms with Gasteiger partial charge in [-0.15, -0.1) is 0 Å². The van der Waals surface area contributed by atoms with E-state index in [4.69, 9.17) is 4.74 Å². The van der Waals surface area contributed by atoms with E-state index >= 15 is 0 Å². The van der Waals surface area contributed by atoms with Crippen LogP contribution in [-0.4, -0.2) is 36.4 Å². The van der Waals surface area contributed by atoms with Crippen molar-refractivity contribution in [3.63, 3.8) is 0 Å². The van der Waals surface area contributed by atoms with E-state index in [-0.39, 0.29) is 11.8 Å². The predicted molar refractivity (Wildman–Crippen MR) is 102 cm³/mol. The summed E-state index contributed by atoms with van der Waals surface area (Å²) in [7, 11) is 0. The van der Waals surface area contributed by atoms with Crippen molar-refractivity contribution in [1.82, 2.24) is 4.90 Å². The molecule has 1 aliphatic rings. The lowest BCUT2D eigenvalue weighted by Gasteiger charge is -2.15. The average molecular weight is 352 g/mol. The molecule has 1 fully saturated rings. The van der Waals surface area contributed by atoms with Crippen LogP contribution in [0.1, 0.15) is 35.7 Å². The molecule has 5 heteroatoms. The largest absolute Gasteiger partial charge is 0.493 e. The number of carbonyl (C=O) groups excluding carboxylic acids is 2. The van der Waals surface area contributed by atoms with Crippen LogP contribution in [0.3, 0.4) is 0 Å². The topological polar surface area (TPSA) is 58.6 Å². The van der Waals surface area contributed by atoms with E-state index in [0.717, 1.165) is 31.5 Å². The normalized spacial score (nSPS) is 13.5. The summed E-state index contributed by atoms with van der Waals surface area (Å²) in [5.74, 6) is 0.528. The molecule has 136 valence electrons. The zero-order chi connectivity index (χ0) is 18.4. The van der Waals surface area contributed by atoms with E-state index in [1.807, 2.05) is 48.2 Å². The van der Waals surface area contributed by atoms with Crippen molar-refractivity contribution < 1.29 is 14.3 Å². The van der Waals surface area contributed by atoms with Gasteiger partial charge in [-0.2, -0.15) is 0 Å². The van der Waals surface area contributed by atoms with Gasteiger partial charge in [0.2, 0.25) is 5.91 Å². The van der Waals surface area contributed by atoms with E-state index in [1.54, 1.807) is 12.1 Å². The van der Waals surface area contributed by atoms with Gasteiger partial charge in [0.15, 0.2) is 0 Å². The Labute approximate surface area is 154 Å². The van der Waals surface area contributed by atoms with Crippen LogP contribution in [0.5, 0.6) is 5.75 Å². The summed E-state index contributed by atoms with van der Waals surface area (Å²) in [5.41, 5.74) is 2.15. The lowest BCUT2D eigenvalue weighted by molar-refractivity contribution is -0.129. The summed E-state index contributed by atoms with van der Waals surface area (Å²) in [6.45, 7) is 4.12. The van der Waals surface area contributed by atoms with Crippen LogP contribution in [0.25, 0.3) is 0 Å². The van der Waals surface area contributed by atoms with E-state index in [2.05, 4.69) is 5.32 Å². The molecular weight excluding hydrogens is 328 g/mol. The number of nitrogens with zero attached hydrogens (tertiary/aromatic N) is 1. The summed E-state index contributed by atoms with van der Waals surface area (Å²) < 4.78 is 5.50. The van der Waals surface area contributed by atoms with E-state index in [9.17, 15) is 9.59 Å². The number of likely N-dealkylation sites (tertiary alicyclic amines) is 1. The highest BCUT2D eigenvalue weighted by atomic mass is 16.5. The van der Waals surface area contributed by atoms with Gasteiger partial charge in [-0.1, -0.05) is 24.3 Å². The van der Waals surface area contributed by atoms with E-state index in [1.165, 1.54) is 0 Å². The number of amides is 2.